The molecule has 1 aliphatic heterocycles. The summed E-state index contributed by atoms with van der Waals surface area (Å²) in [5, 5.41) is 11.8. The zero-order chi connectivity index (χ0) is 15.3. The van der Waals surface area contributed by atoms with E-state index in [0.29, 0.717) is 38.2 Å². The zero-order valence-corrected chi connectivity index (χ0v) is 12.3. The molecule has 3 N–H and O–H groups in total. The minimum Gasteiger partial charge on any atom is -0.381 e. The number of carbonyl (C=O) groups excluding carboxylic acids is 1. The molecule has 1 aliphatic rings. The van der Waals surface area contributed by atoms with E-state index in [2.05, 4.69) is 11.4 Å². The van der Waals surface area contributed by atoms with E-state index in [4.69, 9.17) is 15.7 Å². The fourth-order valence-corrected chi connectivity index (χ4v) is 2.57. The summed E-state index contributed by atoms with van der Waals surface area (Å²) in [6, 6.07) is 9.21. The molecule has 1 amide bonds. The van der Waals surface area contributed by atoms with Gasteiger partial charge in [0.05, 0.1) is 23.1 Å². The number of nitrogens with zero attached hydrogens (tertiary/aromatic N) is 1. The van der Waals surface area contributed by atoms with E-state index in [1.807, 2.05) is 19.1 Å². The first-order chi connectivity index (χ1) is 10.1. The van der Waals surface area contributed by atoms with Crippen molar-refractivity contribution < 1.29 is 9.53 Å². The van der Waals surface area contributed by atoms with Crippen LogP contribution in [0.4, 0.5) is 0 Å². The van der Waals surface area contributed by atoms with E-state index in [1.165, 1.54) is 0 Å². The SMILES string of the molecule is CC(NC(=O)C1(CN)CCOCC1)c1ccc(C#N)cc1. The average molecular weight is 287 g/mol. The molecule has 1 atom stereocenters. The highest BCUT2D eigenvalue weighted by Crippen LogP contribution is 2.30. The Kier molecular flexibility index (Phi) is 4.94. The molecule has 21 heavy (non-hydrogen) atoms. The quantitative estimate of drug-likeness (QED) is 0.878. The Labute approximate surface area is 125 Å². The van der Waals surface area contributed by atoms with Crippen LogP contribution >= 0.6 is 0 Å². The molecule has 1 unspecified atom stereocenters. The fraction of sp³-hybridized carbons (Fsp3) is 0.500. The van der Waals surface area contributed by atoms with Crippen LogP contribution in [-0.2, 0) is 9.53 Å². The summed E-state index contributed by atoms with van der Waals surface area (Å²) >= 11 is 0. The lowest BCUT2D eigenvalue weighted by Crippen LogP contribution is -2.49. The smallest absolute Gasteiger partial charge is 0.228 e. The number of amides is 1. The number of nitriles is 1. The molecule has 1 aromatic carbocycles. The number of carbonyl (C=O) groups is 1. The Balaban J connectivity index is 2.05. The van der Waals surface area contributed by atoms with E-state index in [9.17, 15) is 4.79 Å². The maximum atomic E-state index is 12.6. The van der Waals surface area contributed by atoms with E-state index in [0.717, 1.165) is 5.56 Å². The van der Waals surface area contributed by atoms with Crippen LogP contribution in [0.1, 0.15) is 36.9 Å². The van der Waals surface area contributed by atoms with Gasteiger partial charge in [-0.15, -0.1) is 0 Å². The van der Waals surface area contributed by atoms with Crippen molar-refractivity contribution in [3.8, 4) is 6.07 Å². The minimum absolute atomic E-state index is 0.00911. The molecule has 0 spiro atoms. The van der Waals surface area contributed by atoms with Crippen molar-refractivity contribution in [3.05, 3.63) is 35.4 Å². The van der Waals surface area contributed by atoms with Gasteiger partial charge in [-0.1, -0.05) is 12.1 Å². The maximum absolute atomic E-state index is 12.6. The summed E-state index contributed by atoms with van der Waals surface area (Å²) in [6.45, 7) is 3.43. The normalized spacial score (nSPS) is 18.5. The summed E-state index contributed by atoms with van der Waals surface area (Å²) in [6.07, 6.45) is 1.32. The number of rotatable bonds is 4. The molecule has 2 rings (SSSR count). The summed E-state index contributed by atoms with van der Waals surface area (Å²) in [7, 11) is 0. The molecule has 0 aliphatic carbocycles. The molecular weight excluding hydrogens is 266 g/mol. The molecular formula is C16H21N3O2. The number of hydrogen-bond acceptors (Lipinski definition) is 4. The summed E-state index contributed by atoms with van der Waals surface area (Å²) in [4.78, 5) is 12.6. The number of benzene rings is 1. The molecule has 5 nitrogen and oxygen atoms in total. The second kappa shape index (κ2) is 6.70. The van der Waals surface area contributed by atoms with Crippen LogP contribution < -0.4 is 11.1 Å². The van der Waals surface area contributed by atoms with Gasteiger partial charge >= 0.3 is 0 Å². The first-order valence-corrected chi connectivity index (χ1v) is 7.20. The standard InChI is InChI=1S/C16H21N3O2/c1-12(14-4-2-13(10-17)3-5-14)19-15(20)16(11-18)6-8-21-9-7-16/h2-5,12H,6-9,11,18H2,1H3,(H,19,20). The minimum atomic E-state index is -0.515. The van der Waals surface area contributed by atoms with Crippen molar-refractivity contribution >= 4 is 5.91 Å². The predicted octanol–water partition coefficient (Wildman–Crippen LogP) is 1.49. The third-order valence-corrected chi connectivity index (χ3v) is 4.21. The Morgan fingerprint density at radius 2 is 2.05 bits per heavy atom. The molecule has 5 heteroatoms. The molecule has 1 heterocycles. The fourth-order valence-electron chi connectivity index (χ4n) is 2.57. The maximum Gasteiger partial charge on any atom is 0.228 e. The molecule has 1 saturated heterocycles. The molecule has 0 radical (unpaired) electrons. The lowest BCUT2D eigenvalue weighted by atomic mass is 9.79. The summed E-state index contributed by atoms with van der Waals surface area (Å²) in [5.74, 6) is -0.00911. The summed E-state index contributed by atoms with van der Waals surface area (Å²) < 4.78 is 5.33. The van der Waals surface area contributed by atoms with Gasteiger partial charge < -0.3 is 15.8 Å². The van der Waals surface area contributed by atoms with Gasteiger partial charge in [0.2, 0.25) is 5.91 Å². The van der Waals surface area contributed by atoms with Crippen molar-refractivity contribution in [2.24, 2.45) is 11.1 Å². The topological polar surface area (TPSA) is 88.1 Å². The third kappa shape index (κ3) is 3.41. The van der Waals surface area contributed by atoms with Gasteiger partial charge in [-0.3, -0.25) is 4.79 Å². The second-order valence-corrected chi connectivity index (χ2v) is 5.53. The highest BCUT2D eigenvalue weighted by atomic mass is 16.5. The zero-order valence-electron chi connectivity index (χ0n) is 12.3. The number of ether oxygens (including phenoxy) is 1. The van der Waals surface area contributed by atoms with Crippen LogP contribution in [0.5, 0.6) is 0 Å². The molecule has 1 aromatic rings. The monoisotopic (exact) mass is 287 g/mol. The highest BCUT2D eigenvalue weighted by molar-refractivity contribution is 5.83. The van der Waals surface area contributed by atoms with Crippen molar-refractivity contribution in [3.63, 3.8) is 0 Å². The Hall–Kier alpha value is -1.90. The molecule has 0 aromatic heterocycles. The third-order valence-electron chi connectivity index (χ3n) is 4.21. The van der Waals surface area contributed by atoms with Gasteiger partial charge in [-0.25, -0.2) is 0 Å². The van der Waals surface area contributed by atoms with Crippen molar-refractivity contribution in [2.45, 2.75) is 25.8 Å². The second-order valence-electron chi connectivity index (χ2n) is 5.53. The van der Waals surface area contributed by atoms with Crippen LogP contribution in [0.2, 0.25) is 0 Å². The van der Waals surface area contributed by atoms with Crippen LogP contribution in [-0.4, -0.2) is 25.7 Å². The number of nitrogens with two attached hydrogens (primary N) is 1. The van der Waals surface area contributed by atoms with Crippen molar-refractivity contribution in [1.82, 2.24) is 5.32 Å². The first kappa shape index (κ1) is 15.5. The van der Waals surface area contributed by atoms with E-state index >= 15 is 0 Å². The highest BCUT2D eigenvalue weighted by Gasteiger charge is 2.39. The van der Waals surface area contributed by atoms with E-state index in [1.54, 1.807) is 12.1 Å². The van der Waals surface area contributed by atoms with Gasteiger partial charge in [0.25, 0.3) is 0 Å². The molecule has 0 bridgehead atoms. The molecule has 1 fully saturated rings. The van der Waals surface area contributed by atoms with E-state index in [-0.39, 0.29) is 11.9 Å². The van der Waals surface area contributed by atoms with Gasteiger partial charge in [0, 0.05) is 19.8 Å². The van der Waals surface area contributed by atoms with E-state index < -0.39 is 5.41 Å². The number of nitrogens with one attached hydrogen (secondary N) is 1. The van der Waals surface area contributed by atoms with Gasteiger partial charge in [0.15, 0.2) is 0 Å². The average Bonchev–Trinajstić information content (AvgIpc) is 2.55. The van der Waals surface area contributed by atoms with Gasteiger partial charge in [-0.2, -0.15) is 5.26 Å². The largest absolute Gasteiger partial charge is 0.381 e. The molecule has 112 valence electrons. The molecule has 0 saturated carbocycles. The predicted molar refractivity (Wildman–Crippen MR) is 79.3 cm³/mol. The van der Waals surface area contributed by atoms with Crippen molar-refractivity contribution in [1.29, 1.82) is 5.26 Å². The lowest BCUT2D eigenvalue weighted by molar-refractivity contribution is -0.136. The van der Waals surface area contributed by atoms with Crippen LogP contribution in [0.3, 0.4) is 0 Å². The van der Waals surface area contributed by atoms with Crippen LogP contribution in [0.15, 0.2) is 24.3 Å². The van der Waals surface area contributed by atoms with Crippen LogP contribution in [0, 0.1) is 16.7 Å². The first-order valence-electron chi connectivity index (χ1n) is 7.20. The number of hydrogen-bond donors (Lipinski definition) is 2. The van der Waals surface area contributed by atoms with Crippen LogP contribution in [0.25, 0.3) is 0 Å². The Bertz CT molecular complexity index is 527. The Morgan fingerprint density at radius 1 is 1.43 bits per heavy atom. The van der Waals surface area contributed by atoms with Gasteiger partial charge in [-0.05, 0) is 37.5 Å². The lowest BCUT2D eigenvalue weighted by Gasteiger charge is -2.35. The Morgan fingerprint density at radius 3 is 2.57 bits per heavy atom. The van der Waals surface area contributed by atoms with Crippen molar-refractivity contribution in [2.75, 3.05) is 19.8 Å². The summed E-state index contributed by atoms with van der Waals surface area (Å²) in [5.41, 5.74) is 6.91. The van der Waals surface area contributed by atoms with Gasteiger partial charge in [0.1, 0.15) is 0 Å².